The molecule has 0 saturated heterocycles. The Labute approximate surface area is 194 Å². The highest BCUT2D eigenvalue weighted by atomic mass is 127. The van der Waals surface area contributed by atoms with E-state index in [0.717, 1.165) is 5.01 Å². The Balaban J connectivity index is 0.00000784. The Morgan fingerprint density at radius 2 is 2.03 bits per heavy atom. The quantitative estimate of drug-likeness (QED) is 0.148. The number of carbonyl (C=O) groups is 1. The van der Waals surface area contributed by atoms with Crippen LogP contribution in [0.1, 0.15) is 53.6 Å². The SMILES string of the molecule is CCOC(=O)c1sc(C(C)NC(=NC)NCCCN(C)S(=O)(=O)CC)nc1C.I. The predicted octanol–water partition coefficient (Wildman–Crippen LogP) is 2.14. The van der Waals surface area contributed by atoms with Gasteiger partial charge in [-0.15, -0.1) is 35.3 Å². The van der Waals surface area contributed by atoms with Crippen LogP contribution < -0.4 is 10.6 Å². The smallest absolute Gasteiger partial charge is 0.350 e. The van der Waals surface area contributed by atoms with E-state index in [1.54, 1.807) is 34.9 Å². The molecule has 0 bridgehead atoms. The highest BCUT2D eigenvalue weighted by Gasteiger charge is 2.20. The van der Waals surface area contributed by atoms with E-state index in [9.17, 15) is 13.2 Å². The lowest BCUT2D eigenvalue weighted by Crippen LogP contribution is -2.40. The van der Waals surface area contributed by atoms with Crippen LogP contribution in [0, 0.1) is 6.92 Å². The third-order valence-corrected chi connectivity index (χ3v) is 7.19. The summed E-state index contributed by atoms with van der Waals surface area (Å²) in [5.41, 5.74) is 0.648. The van der Waals surface area contributed by atoms with Crippen LogP contribution in [0.3, 0.4) is 0 Å². The van der Waals surface area contributed by atoms with Gasteiger partial charge in [-0.05, 0) is 34.1 Å². The van der Waals surface area contributed by atoms with Gasteiger partial charge in [-0.1, -0.05) is 0 Å². The van der Waals surface area contributed by atoms with Crippen LogP contribution in [-0.2, 0) is 14.8 Å². The van der Waals surface area contributed by atoms with Crippen molar-refractivity contribution in [2.45, 2.75) is 40.2 Å². The summed E-state index contributed by atoms with van der Waals surface area (Å²) in [4.78, 5) is 21.1. The minimum Gasteiger partial charge on any atom is -0.462 e. The van der Waals surface area contributed by atoms with Crippen molar-refractivity contribution in [2.24, 2.45) is 4.99 Å². The van der Waals surface area contributed by atoms with Crippen molar-refractivity contribution in [1.82, 2.24) is 19.9 Å². The number of ether oxygens (including phenoxy) is 1. The minimum absolute atomic E-state index is 0. The molecule has 0 fully saturated rings. The summed E-state index contributed by atoms with van der Waals surface area (Å²) in [7, 11) is 0.0853. The fourth-order valence-corrected chi connectivity index (χ4v) is 4.13. The molecule has 1 aromatic heterocycles. The number of aliphatic imine (C=N–C) groups is 1. The van der Waals surface area contributed by atoms with Crippen LogP contribution >= 0.6 is 35.3 Å². The van der Waals surface area contributed by atoms with Gasteiger partial charge < -0.3 is 15.4 Å². The number of aromatic nitrogens is 1. The van der Waals surface area contributed by atoms with Crippen molar-refractivity contribution < 1.29 is 17.9 Å². The average Bonchev–Trinajstić information content (AvgIpc) is 3.05. The van der Waals surface area contributed by atoms with Gasteiger partial charge in [-0.25, -0.2) is 22.5 Å². The van der Waals surface area contributed by atoms with E-state index in [1.807, 2.05) is 6.92 Å². The van der Waals surface area contributed by atoms with Crippen molar-refractivity contribution in [2.75, 3.05) is 39.5 Å². The first-order valence-corrected chi connectivity index (χ1v) is 11.6. The summed E-state index contributed by atoms with van der Waals surface area (Å²) in [5, 5.41) is 7.15. The number of nitrogens with zero attached hydrogens (tertiary/aromatic N) is 3. The standard InChI is InChI=1S/C17H31N5O4S2.HI/c1-7-26-16(23)14-12(3)20-15(27-14)13(4)21-17(18-5)19-10-9-11-22(6)28(24,25)8-2;/h13H,7-11H2,1-6H3,(H2,18,19,21);1H. The lowest BCUT2D eigenvalue weighted by molar-refractivity contribution is 0.0531. The molecule has 0 aliphatic heterocycles. The van der Waals surface area contributed by atoms with Crippen molar-refractivity contribution in [3.8, 4) is 0 Å². The number of halogens is 1. The second-order valence-corrected chi connectivity index (χ2v) is 9.52. The Hall–Kier alpha value is -0.990. The number of guanidine groups is 1. The first-order valence-electron chi connectivity index (χ1n) is 9.21. The van der Waals surface area contributed by atoms with E-state index >= 15 is 0 Å². The number of aryl methyl sites for hydroxylation is 1. The molecule has 2 N–H and O–H groups in total. The number of hydrogen-bond donors (Lipinski definition) is 2. The molecule has 0 amide bonds. The fourth-order valence-electron chi connectivity index (χ4n) is 2.32. The van der Waals surface area contributed by atoms with Crippen molar-refractivity contribution >= 4 is 57.3 Å². The van der Waals surface area contributed by atoms with Crippen LogP contribution in [0.4, 0.5) is 0 Å². The molecule has 1 aromatic rings. The highest BCUT2D eigenvalue weighted by Crippen LogP contribution is 2.24. The molecule has 0 aliphatic carbocycles. The second kappa shape index (κ2) is 13.3. The Bertz CT molecular complexity index is 783. The topological polar surface area (TPSA) is 113 Å². The van der Waals surface area contributed by atoms with Gasteiger partial charge in [0.05, 0.1) is 24.1 Å². The molecule has 0 saturated carbocycles. The van der Waals surface area contributed by atoms with E-state index < -0.39 is 10.0 Å². The summed E-state index contributed by atoms with van der Waals surface area (Å²) in [6.07, 6.45) is 0.647. The van der Waals surface area contributed by atoms with Gasteiger partial charge in [0, 0.05) is 27.2 Å². The number of sulfonamides is 1. The van der Waals surface area contributed by atoms with Crippen LogP contribution in [0.15, 0.2) is 4.99 Å². The number of carbonyl (C=O) groups excluding carboxylic acids is 1. The number of thiazole rings is 1. The van der Waals surface area contributed by atoms with Gasteiger partial charge >= 0.3 is 5.97 Å². The molecule has 0 spiro atoms. The first-order chi connectivity index (χ1) is 13.2. The molecule has 1 atom stereocenters. The largest absolute Gasteiger partial charge is 0.462 e. The molecule has 1 unspecified atom stereocenters. The molecular formula is C17H32IN5O4S2. The summed E-state index contributed by atoms with van der Waals surface area (Å²) in [5.74, 6) is 0.322. The van der Waals surface area contributed by atoms with E-state index in [0.29, 0.717) is 42.6 Å². The van der Waals surface area contributed by atoms with Gasteiger partial charge in [0.1, 0.15) is 9.88 Å². The van der Waals surface area contributed by atoms with Gasteiger partial charge in [-0.3, -0.25) is 4.99 Å². The van der Waals surface area contributed by atoms with E-state index in [4.69, 9.17) is 4.74 Å². The highest BCUT2D eigenvalue weighted by molar-refractivity contribution is 14.0. The molecule has 0 aliphatic rings. The van der Waals surface area contributed by atoms with Gasteiger partial charge in [0.25, 0.3) is 0 Å². The summed E-state index contributed by atoms with van der Waals surface area (Å²) < 4.78 is 29.9. The number of nitrogens with one attached hydrogen (secondary N) is 2. The zero-order valence-corrected chi connectivity index (χ0v) is 21.8. The van der Waals surface area contributed by atoms with Gasteiger partial charge in [0.15, 0.2) is 5.96 Å². The monoisotopic (exact) mass is 561 g/mol. The van der Waals surface area contributed by atoms with E-state index in [2.05, 4.69) is 20.6 Å². The number of hydrogen-bond acceptors (Lipinski definition) is 7. The lowest BCUT2D eigenvalue weighted by Gasteiger charge is -2.18. The molecule has 0 aromatic carbocycles. The van der Waals surface area contributed by atoms with Gasteiger partial charge in [-0.2, -0.15) is 0 Å². The molecular weight excluding hydrogens is 529 g/mol. The Morgan fingerprint density at radius 1 is 1.38 bits per heavy atom. The van der Waals surface area contributed by atoms with Crippen LogP contribution in [0.2, 0.25) is 0 Å². The first kappa shape index (κ1) is 28.0. The van der Waals surface area contributed by atoms with Crippen LogP contribution in [-0.4, -0.2) is 69.2 Å². The summed E-state index contributed by atoms with van der Waals surface area (Å²) in [6, 6.07) is -0.152. The average molecular weight is 562 g/mol. The predicted molar refractivity (Wildman–Crippen MR) is 128 cm³/mol. The fraction of sp³-hybridized carbons (Fsp3) is 0.706. The normalized spacial score (nSPS) is 13.0. The van der Waals surface area contributed by atoms with Crippen LogP contribution in [0.25, 0.3) is 0 Å². The third kappa shape index (κ3) is 8.72. The lowest BCUT2D eigenvalue weighted by atomic mass is 10.3. The van der Waals surface area contributed by atoms with Crippen LogP contribution in [0.5, 0.6) is 0 Å². The molecule has 168 valence electrons. The van der Waals surface area contributed by atoms with E-state index in [1.165, 1.54) is 15.6 Å². The minimum atomic E-state index is -3.16. The zero-order valence-electron chi connectivity index (χ0n) is 17.8. The van der Waals surface area contributed by atoms with Gasteiger partial charge in [0.2, 0.25) is 10.0 Å². The maximum atomic E-state index is 11.9. The summed E-state index contributed by atoms with van der Waals surface area (Å²) in [6.45, 7) is 8.44. The van der Waals surface area contributed by atoms with E-state index in [-0.39, 0.29) is 41.7 Å². The summed E-state index contributed by atoms with van der Waals surface area (Å²) >= 11 is 1.30. The van der Waals surface area contributed by atoms with Crippen molar-refractivity contribution in [3.05, 3.63) is 15.6 Å². The number of rotatable bonds is 10. The number of esters is 1. The molecule has 9 nitrogen and oxygen atoms in total. The molecule has 1 rings (SSSR count). The maximum absolute atomic E-state index is 11.9. The second-order valence-electron chi connectivity index (χ2n) is 6.13. The molecule has 0 radical (unpaired) electrons. The molecule has 12 heteroatoms. The Kier molecular flexibility index (Phi) is 12.9. The molecule has 29 heavy (non-hydrogen) atoms. The zero-order chi connectivity index (χ0) is 21.3. The van der Waals surface area contributed by atoms with Crippen molar-refractivity contribution in [1.29, 1.82) is 0 Å². The maximum Gasteiger partial charge on any atom is 0.350 e. The third-order valence-electron chi connectivity index (χ3n) is 4.00. The van der Waals surface area contributed by atoms with Crippen molar-refractivity contribution in [3.63, 3.8) is 0 Å². The molecule has 1 heterocycles. The Morgan fingerprint density at radius 3 is 2.59 bits per heavy atom.